The molecule has 5 heteroatoms. The highest BCUT2D eigenvalue weighted by Gasteiger charge is 2.42. The second-order valence-electron chi connectivity index (χ2n) is 7.04. The van der Waals surface area contributed by atoms with Crippen LogP contribution in [0.25, 0.3) is 0 Å². The first-order valence-electron chi connectivity index (χ1n) is 9.56. The Morgan fingerprint density at radius 2 is 1.59 bits per heavy atom. The lowest BCUT2D eigenvalue weighted by Crippen LogP contribution is -2.26. The van der Waals surface area contributed by atoms with E-state index in [2.05, 4.69) is 45.5 Å². The van der Waals surface area contributed by atoms with Crippen molar-refractivity contribution in [2.24, 2.45) is 5.10 Å². The topological polar surface area (TPSA) is 44.7 Å². The molecule has 1 aliphatic heterocycles. The molecule has 1 aliphatic rings. The zero-order chi connectivity index (χ0) is 20.4. The number of Topliss-reactive ketones (excluding diaryl/α,β-unsaturated/α-hetero) is 1. The Hall–Kier alpha value is -2.92. The lowest BCUT2D eigenvalue weighted by atomic mass is 9.83. The SMILES string of the molecule is CNc1ccccc1N1N=C(C(C)=O)C(c2ccc(Br)cc2)C1c1ccccc1. The van der Waals surface area contributed by atoms with Crippen LogP contribution >= 0.6 is 15.9 Å². The van der Waals surface area contributed by atoms with E-state index >= 15 is 0 Å². The van der Waals surface area contributed by atoms with Gasteiger partial charge in [-0.3, -0.25) is 9.80 Å². The molecule has 1 N–H and O–H groups in total. The first kappa shape index (κ1) is 19.4. The van der Waals surface area contributed by atoms with E-state index in [-0.39, 0.29) is 17.7 Å². The van der Waals surface area contributed by atoms with E-state index in [4.69, 9.17) is 5.10 Å². The Morgan fingerprint density at radius 3 is 2.24 bits per heavy atom. The fraction of sp³-hybridized carbons (Fsp3) is 0.167. The van der Waals surface area contributed by atoms with Crippen LogP contribution in [0.3, 0.4) is 0 Å². The van der Waals surface area contributed by atoms with E-state index in [9.17, 15) is 4.79 Å². The molecule has 4 rings (SSSR count). The van der Waals surface area contributed by atoms with Gasteiger partial charge in [-0.2, -0.15) is 5.10 Å². The van der Waals surface area contributed by atoms with E-state index in [0.29, 0.717) is 5.71 Å². The van der Waals surface area contributed by atoms with Gasteiger partial charge < -0.3 is 5.32 Å². The number of halogens is 1. The molecule has 3 aromatic carbocycles. The molecule has 0 spiro atoms. The molecular formula is C24H22BrN3O. The molecule has 3 aromatic rings. The van der Waals surface area contributed by atoms with Crippen LogP contribution in [0.15, 0.2) is 88.4 Å². The van der Waals surface area contributed by atoms with Gasteiger partial charge in [0.1, 0.15) is 5.71 Å². The second kappa shape index (κ2) is 8.21. The lowest BCUT2D eigenvalue weighted by Gasteiger charge is -2.30. The number of nitrogens with zero attached hydrogens (tertiary/aromatic N) is 2. The summed E-state index contributed by atoms with van der Waals surface area (Å²) in [6, 6.07) is 26.3. The van der Waals surface area contributed by atoms with E-state index in [0.717, 1.165) is 27.0 Å². The van der Waals surface area contributed by atoms with Gasteiger partial charge >= 0.3 is 0 Å². The summed E-state index contributed by atoms with van der Waals surface area (Å²) in [5, 5.41) is 10.1. The summed E-state index contributed by atoms with van der Waals surface area (Å²) < 4.78 is 1.01. The minimum atomic E-state index is -0.159. The number of hydrogen-bond acceptors (Lipinski definition) is 4. The van der Waals surface area contributed by atoms with Gasteiger partial charge in [0.2, 0.25) is 0 Å². The highest BCUT2D eigenvalue weighted by molar-refractivity contribution is 9.10. The molecule has 1 heterocycles. The molecule has 0 aliphatic carbocycles. The molecule has 0 saturated heterocycles. The third-order valence-electron chi connectivity index (χ3n) is 5.24. The quantitative estimate of drug-likeness (QED) is 0.538. The van der Waals surface area contributed by atoms with Crippen LogP contribution in [0.5, 0.6) is 0 Å². The van der Waals surface area contributed by atoms with Crippen LogP contribution in [0, 0.1) is 0 Å². The number of nitrogens with one attached hydrogen (secondary N) is 1. The van der Waals surface area contributed by atoms with Gasteiger partial charge in [0.15, 0.2) is 5.78 Å². The predicted octanol–water partition coefficient (Wildman–Crippen LogP) is 5.78. The maximum Gasteiger partial charge on any atom is 0.176 e. The molecule has 146 valence electrons. The van der Waals surface area contributed by atoms with Crippen molar-refractivity contribution in [2.75, 3.05) is 17.4 Å². The number of para-hydroxylation sites is 2. The summed E-state index contributed by atoms with van der Waals surface area (Å²) in [5.74, 6) is -0.170. The maximum absolute atomic E-state index is 12.6. The molecular weight excluding hydrogens is 426 g/mol. The Kier molecular flexibility index (Phi) is 5.49. The average Bonchev–Trinajstić information content (AvgIpc) is 3.15. The standard InChI is InChI=1S/C24H22BrN3O/c1-16(29)23-22(17-12-14-19(25)15-13-17)24(18-8-4-3-5-9-18)28(27-23)21-11-7-6-10-20(21)26-2/h3-15,22,24,26H,1-2H3. The summed E-state index contributed by atoms with van der Waals surface area (Å²) in [5.41, 5.74) is 4.68. The molecule has 4 nitrogen and oxygen atoms in total. The van der Waals surface area contributed by atoms with Crippen molar-refractivity contribution >= 4 is 38.8 Å². The van der Waals surface area contributed by atoms with Gasteiger partial charge in [0.05, 0.1) is 23.3 Å². The van der Waals surface area contributed by atoms with Gasteiger partial charge in [-0.05, 0) is 35.4 Å². The zero-order valence-electron chi connectivity index (χ0n) is 16.3. The zero-order valence-corrected chi connectivity index (χ0v) is 17.9. The number of carbonyl (C=O) groups excluding carboxylic acids is 1. The minimum absolute atomic E-state index is 0.0108. The summed E-state index contributed by atoms with van der Waals surface area (Å²) in [6.07, 6.45) is 0. The van der Waals surface area contributed by atoms with Crippen molar-refractivity contribution in [3.05, 3.63) is 94.5 Å². The monoisotopic (exact) mass is 447 g/mol. The Balaban J connectivity index is 1.92. The van der Waals surface area contributed by atoms with Crippen molar-refractivity contribution in [3.63, 3.8) is 0 Å². The second-order valence-corrected chi connectivity index (χ2v) is 7.95. The van der Waals surface area contributed by atoms with Gasteiger partial charge in [0.25, 0.3) is 0 Å². The third-order valence-corrected chi connectivity index (χ3v) is 5.77. The van der Waals surface area contributed by atoms with Crippen molar-refractivity contribution < 1.29 is 4.79 Å². The van der Waals surface area contributed by atoms with Crippen LogP contribution in [0.1, 0.15) is 30.0 Å². The Bertz CT molecular complexity index is 1050. The fourth-order valence-electron chi connectivity index (χ4n) is 3.90. The van der Waals surface area contributed by atoms with Crippen LogP contribution in [0.2, 0.25) is 0 Å². The summed E-state index contributed by atoms with van der Waals surface area (Å²) in [4.78, 5) is 12.6. The number of hydrogen-bond donors (Lipinski definition) is 1. The van der Waals surface area contributed by atoms with Gasteiger partial charge in [0, 0.05) is 18.4 Å². The normalized spacial score (nSPS) is 18.4. The highest BCUT2D eigenvalue weighted by atomic mass is 79.9. The van der Waals surface area contributed by atoms with Gasteiger partial charge in [-0.1, -0.05) is 70.5 Å². The molecule has 0 fully saturated rings. The molecule has 0 aromatic heterocycles. The molecule has 0 saturated carbocycles. The first-order chi connectivity index (χ1) is 14.1. The molecule has 0 bridgehead atoms. The van der Waals surface area contributed by atoms with Gasteiger partial charge in [-0.15, -0.1) is 0 Å². The Morgan fingerprint density at radius 1 is 0.931 bits per heavy atom. The largest absolute Gasteiger partial charge is 0.386 e. The predicted molar refractivity (Wildman–Crippen MR) is 123 cm³/mol. The average molecular weight is 448 g/mol. The van der Waals surface area contributed by atoms with Crippen molar-refractivity contribution in [3.8, 4) is 0 Å². The fourth-order valence-corrected chi connectivity index (χ4v) is 4.17. The number of rotatable bonds is 5. The van der Waals surface area contributed by atoms with Crippen LogP contribution in [-0.4, -0.2) is 18.5 Å². The molecule has 0 radical (unpaired) electrons. The van der Waals surface area contributed by atoms with Crippen molar-refractivity contribution in [1.82, 2.24) is 0 Å². The number of ketones is 1. The highest BCUT2D eigenvalue weighted by Crippen LogP contribution is 2.46. The van der Waals surface area contributed by atoms with E-state index in [1.807, 2.05) is 66.7 Å². The van der Waals surface area contributed by atoms with Crippen molar-refractivity contribution in [2.45, 2.75) is 18.9 Å². The number of hydrazone groups is 1. The third kappa shape index (κ3) is 3.70. The van der Waals surface area contributed by atoms with Crippen LogP contribution in [-0.2, 0) is 4.79 Å². The minimum Gasteiger partial charge on any atom is -0.386 e. The molecule has 2 atom stereocenters. The van der Waals surface area contributed by atoms with Gasteiger partial charge in [-0.25, -0.2) is 0 Å². The molecule has 2 unspecified atom stereocenters. The van der Waals surface area contributed by atoms with E-state index in [1.165, 1.54) is 0 Å². The maximum atomic E-state index is 12.6. The molecule has 0 amide bonds. The number of anilines is 2. The molecule has 29 heavy (non-hydrogen) atoms. The van der Waals surface area contributed by atoms with E-state index in [1.54, 1.807) is 6.92 Å². The summed E-state index contributed by atoms with van der Waals surface area (Å²) in [6.45, 7) is 1.60. The van der Waals surface area contributed by atoms with Crippen molar-refractivity contribution in [1.29, 1.82) is 0 Å². The number of benzene rings is 3. The Labute approximate surface area is 179 Å². The summed E-state index contributed by atoms with van der Waals surface area (Å²) in [7, 11) is 1.90. The van der Waals surface area contributed by atoms with Crippen LogP contribution < -0.4 is 10.3 Å². The van der Waals surface area contributed by atoms with E-state index < -0.39 is 0 Å². The summed E-state index contributed by atoms with van der Waals surface area (Å²) >= 11 is 3.51. The number of carbonyl (C=O) groups is 1. The smallest absolute Gasteiger partial charge is 0.176 e. The lowest BCUT2D eigenvalue weighted by molar-refractivity contribution is -0.111. The first-order valence-corrected chi connectivity index (χ1v) is 10.4. The van der Waals surface area contributed by atoms with Crippen LogP contribution in [0.4, 0.5) is 11.4 Å².